The molecule has 5 heteroatoms. The third kappa shape index (κ3) is 4.25. The number of aromatic nitrogens is 2. The number of benzene rings is 2. The Morgan fingerprint density at radius 1 is 1.04 bits per heavy atom. The van der Waals surface area contributed by atoms with Gasteiger partial charge in [-0.2, -0.15) is 5.10 Å². The summed E-state index contributed by atoms with van der Waals surface area (Å²) in [4.78, 5) is 4.94. The van der Waals surface area contributed by atoms with Crippen LogP contribution < -0.4 is 4.43 Å². The van der Waals surface area contributed by atoms with Gasteiger partial charge < -0.3 is 4.43 Å². The van der Waals surface area contributed by atoms with Gasteiger partial charge in [0.2, 0.25) is 9.04 Å². The maximum absolute atomic E-state index is 6.08. The lowest BCUT2D eigenvalue weighted by Crippen LogP contribution is -2.15. The number of hydrogen-bond donors (Lipinski definition) is 0. The summed E-state index contributed by atoms with van der Waals surface area (Å²) in [5.41, 5.74) is 3.97. The summed E-state index contributed by atoms with van der Waals surface area (Å²) in [5.74, 6) is 1.62. The Balaban J connectivity index is 2.15. The first kappa shape index (κ1) is 17.2. The van der Waals surface area contributed by atoms with Crippen LogP contribution in [-0.4, -0.2) is 24.7 Å². The van der Waals surface area contributed by atoms with Crippen LogP contribution in [0.3, 0.4) is 0 Å². The van der Waals surface area contributed by atoms with E-state index in [0.29, 0.717) is 0 Å². The van der Waals surface area contributed by atoms with E-state index in [2.05, 4.69) is 37.2 Å². The zero-order valence-corrected chi connectivity index (χ0v) is 16.3. The molecule has 0 radical (unpaired) electrons. The first-order valence-electron chi connectivity index (χ1n) is 8.47. The smallest absolute Gasteiger partial charge is 0.229 e. The highest BCUT2D eigenvalue weighted by molar-refractivity contribution is 6.49. The molecule has 0 spiro atoms. The summed E-state index contributed by atoms with van der Waals surface area (Å²) in [7, 11) is -1.22. The van der Waals surface area contributed by atoms with Gasteiger partial charge in [0.15, 0.2) is 5.84 Å². The topological polar surface area (TPSA) is 39.4 Å². The lowest BCUT2D eigenvalue weighted by Gasteiger charge is -2.14. The fourth-order valence-electron chi connectivity index (χ4n) is 2.55. The Kier molecular flexibility index (Phi) is 5.14. The van der Waals surface area contributed by atoms with E-state index in [9.17, 15) is 0 Å². The summed E-state index contributed by atoms with van der Waals surface area (Å²) in [6.45, 7) is 8.35. The minimum atomic E-state index is -1.22. The second-order valence-corrected chi connectivity index (χ2v) is 8.67. The maximum Gasteiger partial charge on any atom is 0.229 e. The van der Waals surface area contributed by atoms with E-state index in [0.717, 1.165) is 34.1 Å². The van der Waals surface area contributed by atoms with Crippen molar-refractivity contribution < 1.29 is 4.43 Å². The fraction of sp³-hybridized carbons (Fsp3) is 0.200. The molecule has 0 aliphatic carbocycles. The molecule has 0 aliphatic rings. The van der Waals surface area contributed by atoms with Crippen LogP contribution in [0.5, 0.6) is 5.75 Å². The SMILES string of the molecule is Cc1ccc(O[SiH](C)C)c(N=C(c2ccccc2)n2ccc(C)n2)c1. The molecule has 0 aliphatic heterocycles. The highest BCUT2D eigenvalue weighted by Gasteiger charge is 2.11. The van der Waals surface area contributed by atoms with Crippen LogP contribution >= 0.6 is 0 Å². The number of rotatable bonds is 4. The highest BCUT2D eigenvalue weighted by Crippen LogP contribution is 2.30. The second kappa shape index (κ2) is 7.48. The van der Waals surface area contributed by atoms with Gasteiger partial charge in [-0.05, 0) is 50.7 Å². The molecule has 25 heavy (non-hydrogen) atoms. The molecule has 0 N–H and O–H groups in total. The minimum absolute atomic E-state index is 0.787. The van der Waals surface area contributed by atoms with Crippen LogP contribution in [0.2, 0.25) is 13.1 Å². The van der Waals surface area contributed by atoms with Crippen molar-refractivity contribution in [2.75, 3.05) is 0 Å². The quantitative estimate of drug-likeness (QED) is 0.395. The van der Waals surface area contributed by atoms with Gasteiger partial charge in [-0.25, -0.2) is 9.67 Å². The molecule has 3 rings (SSSR count). The van der Waals surface area contributed by atoms with Crippen molar-refractivity contribution in [1.82, 2.24) is 9.78 Å². The van der Waals surface area contributed by atoms with Crippen LogP contribution in [0.25, 0.3) is 0 Å². The van der Waals surface area contributed by atoms with Gasteiger partial charge in [-0.3, -0.25) is 0 Å². The molecule has 1 aromatic heterocycles. The molecule has 2 aromatic carbocycles. The summed E-state index contributed by atoms with van der Waals surface area (Å²) in [5, 5.41) is 4.55. The van der Waals surface area contributed by atoms with Crippen LogP contribution in [0.4, 0.5) is 5.69 Å². The Morgan fingerprint density at radius 2 is 1.80 bits per heavy atom. The van der Waals surface area contributed by atoms with Gasteiger partial charge in [0, 0.05) is 11.8 Å². The normalized spacial score (nSPS) is 11.8. The second-order valence-electron chi connectivity index (χ2n) is 6.34. The average Bonchev–Trinajstić information content (AvgIpc) is 3.01. The summed E-state index contributed by atoms with van der Waals surface area (Å²) in [6.07, 6.45) is 1.94. The molecule has 0 unspecified atom stereocenters. The first-order chi connectivity index (χ1) is 12.0. The first-order valence-corrected chi connectivity index (χ1v) is 11.2. The standard InChI is InChI=1S/C20H23N3OSi/c1-15-10-11-19(24-25(3)4)18(14-15)21-20(17-8-6-5-7-9-17)23-13-12-16(2)22-23/h5-14,25H,1-4H3. The van der Waals surface area contributed by atoms with E-state index in [-0.39, 0.29) is 0 Å². The Hall–Kier alpha value is -2.66. The van der Waals surface area contributed by atoms with E-state index in [4.69, 9.17) is 9.42 Å². The van der Waals surface area contributed by atoms with Crippen LogP contribution in [0.15, 0.2) is 65.8 Å². The molecule has 0 fully saturated rings. The van der Waals surface area contributed by atoms with E-state index < -0.39 is 9.04 Å². The fourth-order valence-corrected chi connectivity index (χ4v) is 3.26. The van der Waals surface area contributed by atoms with Crippen molar-refractivity contribution >= 4 is 20.6 Å². The molecule has 0 saturated heterocycles. The van der Waals surface area contributed by atoms with Crippen molar-refractivity contribution in [2.45, 2.75) is 26.9 Å². The molecule has 3 aromatic rings. The molecule has 0 saturated carbocycles. The monoisotopic (exact) mass is 349 g/mol. The summed E-state index contributed by atoms with van der Waals surface area (Å²) < 4.78 is 7.90. The molecular formula is C20H23N3OSi. The van der Waals surface area contributed by atoms with E-state index in [1.807, 2.05) is 60.3 Å². The zero-order chi connectivity index (χ0) is 17.8. The Labute approximate surface area is 150 Å². The highest BCUT2D eigenvalue weighted by atomic mass is 28.3. The number of nitrogens with zero attached hydrogens (tertiary/aromatic N) is 3. The van der Waals surface area contributed by atoms with Gasteiger partial charge >= 0.3 is 0 Å². The molecule has 1 heterocycles. The number of aryl methyl sites for hydroxylation is 2. The van der Waals surface area contributed by atoms with Crippen molar-refractivity contribution in [2.24, 2.45) is 4.99 Å². The van der Waals surface area contributed by atoms with E-state index in [1.165, 1.54) is 0 Å². The van der Waals surface area contributed by atoms with Crippen molar-refractivity contribution in [1.29, 1.82) is 0 Å². The predicted molar refractivity (Wildman–Crippen MR) is 106 cm³/mol. The summed E-state index contributed by atoms with van der Waals surface area (Å²) in [6, 6.07) is 18.2. The third-order valence-electron chi connectivity index (χ3n) is 3.67. The molecule has 128 valence electrons. The van der Waals surface area contributed by atoms with Crippen molar-refractivity contribution in [3.05, 3.63) is 77.6 Å². The Morgan fingerprint density at radius 3 is 2.44 bits per heavy atom. The van der Waals surface area contributed by atoms with Crippen molar-refractivity contribution in [3.8, 4) is 5.75 Å². The van der Waals surface area contributed by atoms with Crippen LogP contribution in [0, 0.1) is 13.8 Å². The predicted octanol–water partition coefficient (Wildman–Crippen LogP) is 4.49. The van der Waals surface area contributed by atoms with Crippen LogP contribution in [-0.2, 0) is 0 Å². The van der Waals surface area contributed by atoms with Gasteiger partial charge in [-0.1, -0.05) is 36.4 Å². The lowest BCUT2D eigenvalue weighted by molar-refractivity contribution is 0.582. The van der Waals surface area contributed by atoms with Crippen LogP contribution in [0.1, 0.15) is 16.8 Å². The van der Waals surface area contributed by atoms with Gasteiger partial charge in [0.1, 0.15) is 11.4 Å². The molecule has 0 amide bonds. The lowest BCUT2D eigenvalue weighted by atomic mass is 10.2. The van der Waals surface area contributed by atoms with E-state index in [1.54, 1.807) is 0 Å². The minimum Gasteiger partial charge on any atom is -0.546 e. The maximum atomic E-state index is 6.08. The van der Waals surface area contributed by atoms with Gasteiger partial charge in [0.25, 0.3) is 0 Å². The third-order valence-corrected chi connectivity index (χ3v) is 4.40. The van der Waals surface area contributed by atoms with E-state index >= 15 is 0 Å². The molecule has 0 bridgehead atoms. The molecule has 4 nitrogen and oxygen atoms in total. The Bertz CT molecular complexity index is 885. The largest absolute Gasteiger partial charge is 0.546 e. The molecule has 0 atom stereocenters. The number of hydrogen-bond acceptors (Lipinski definition) is 3. The van der Waals surface area contributed by atoms with Crippen molar-refractivity contribution in [3.63, 3.8) is 0 Å². The van der Waals surface area contributed by atoms with Gasteiger partial charge in [-0.15, -0.1) is 0 Å². The average molecular weight is 350 g/mol. The number of aliphatic imine (C=N–C) groups is 1. The molecular weight excluding hydrogens is 326 g/mol. The van der Waals surface area contributed by atoms with Gasteiger partial charge in [0.05, 0.1) is 5.69 Å². The summed E-state index contributed by atoms with van der Waals surface area (Å²) >= 11 is 0. The zero-order valence-electron chi connectivity index (χ0n) is 15.1.